The third-order valence-corrected chi connectivity index (χ3v) is 4.12. The highest BCUT2D eigenvalue weighted by atomic mass is 35.5. The molecule has 4 N–H and O–H groups in total. The summed E-state index contributed by atoms with van der Waals surface area (Å²) in [4.78, 5) is 18.0. The lowest BCUT2D eigenvalue weighted by atomic mass is 9.99. The average molecular weight is 358 g/mol. The summed E-state index contributed by atoms with van der Waals surface area (Å²) in [5.74, 6) is 0.165. The smallest absolute Gasteiger partial charge is 0.266 e. The normalized spacial score (nSPS) is 13.6. The molecule has 0 radical (unpaired) electrons. The number of carbonyl (C=O) groups excluding carboxylic acids is 1. The summed E-state index contributed by atoms with van der Waals surface area (Å²) < 4.78 is 5.61. The van der Waals surface area contributed by atoms with Gasteiger partial charge in [0.25, 0.3) is 5.91 Å². The molecule has 0 unspecified atom stereocenters. The summed E-state index contributed by atoms with van der Waals surface area (Å²) in [7, 11) is 0. The van der Waals surface area contributed by atoms with Crippen molar-refractivity contribution in [2.75, 3.05) is 6.61 Å². The molecule has 0 saturated heterocycles. The number of carbonyl (C=O) groups is 1. The van der Waals surface area contributed by atoms with Crippen molar-refractivity contribution in [3.8, 4) is 5.75 Å². The van der Waals surface area contributed by atoms with E-state index in [2.05, 4.69) is 9.97 Å². The second kappa shape index (κ2) is 7.68. The molecule has 1 aromatic heterocycles. The van der Waals surface area contributed by atoms with E-state index in [0.717, 1.165) is 0 Å². The van der Waals surface area contributed by atoms with Crippen molar-refractivity contribution in [2.45, 2.75) is 25.4 Å². The summed E-state index contributed by atoms with van der Waals surface area (Å²) >= 11 is 11.8. The number of aromatic nitrogens is 2. The van der Waals surface area contributed by atoms with Crippen molar-refractivity contribution >= 4 is 29.1 Å². The molecule has 0 fully saturated rings. The fourth-order valence-electron chi connectivity index (χ4n) is 2.13. The highest BCUT2D eigenvalue weighted by Gasteiger charge is 2.21. The van der Waals surface area contributed by atoms with Gasteiger partial charge in [-0.05, 0) is 25.5 Å². The number of rotatable bonds is 7. The van der Waals surface area contributed by atoms with E-state index in [4.69, 9.17) is 33.7 Å². The molecule has 0 aliphatic carbocycles. The number of aromatic amines is 1. The Hall–Kier alpha value is -1.76. The first-order valence-corrected chi connectivity index (χ1v) is 7.74. The lowest BCUT2D eigenvalue weighted by molar-refractivity contribution is 0.0995. The number of halogens is 2. The number of ether oxygens (including phenoxy) is 1. The summed E-state index contributed by atoms with van der Waals surface area (Å²) in [5, 5.41) is 10.8. The Bertz CT molecular complexity index is 688. The van der Waals surface area contributed by atoms with Crippen LogP contribution in [0.15, 0.2) is 24.4 Å². The van der Waals surface area contributed by atoms with Crippen molar-refractivity contribution in [1.82, 2.24) is 9.97 Å². The molecule has 2 aromatic rings. The fraction of sp³-hybridized carbons (Fsp3) is 0.333. The quantitative estimate of drug-likeness (QED) is 0.708. The van der Waals surface area contributed by atoms with Gasteiger partial charge < -0.3 is 20.6 Å². The lowest BCUT2D eigenvalue weighted by Crippen LogP contribution is -2.19. The number of hydrogen-bond acceptors (Lipinski definition) is 4. The van der Waals surface area contributed by atoms with Crippen molar-refractivity contribution in [1.29, 1.82) is 0 Å². The van der Waals surface area contributed by atoms with Crippen LogP contribution in [0.2, 0.25) is 10.0 Å². The van der Waals surface area contributed by atoms with Crippen LogP contribution in [0.3, 0.4) is 0 Å². The van der Waals surface area contributed by atoms with Crippen LogP contribution in [0.4, 0.5) is 0 Å². The first kappa shape index (κ1) is 17.6. The van der Waals surface area contributed by atoms with E-state index in [1.54, 1.807) is 25.1 Å². The highest BCUT2D eigenvalue weighted by Crippen LogP contribution is 2.27. The van der Waals surface area contributed by atoms with Crippen LogP contribution < -0.4 is 10.5 Å². The van der Waals surface area contributed by atoms with Crippen molar-refractivity contribution in [3.63, 3.8) is 0 Å². The van der Waals surface area contributed by atoms with Gasteiger partial charge in [0.15, 0.2) is 0 Å². The molecule has 2 atom stereocenters. The summed E-state index contributed by atoms with van der Waals surface area (Å²) in [6.45, 7) is 1.98. The molecule has 124 valence electrons. The maximum Gasteiger partial charge on any atom is 0.266 e. The van der Waals surface area contributed by atoms with Gasteiger partial charge in [-0.25, -0.2) is 4.98 Å². The van der Waals surface area contributed by atoms with E-state index in [1.165, 1.54) is 6.20 Å². The molecule has 0 saturated carbocycles. The number of H-pyrrole nitrogens is 1. The standard InChI is InChI=1S/C15H17Cl2N3O3/c1-8(21)10(15-19-7-13(20-15)14(18)22)4-5-23-9-2-3-11(16)12(17)6-9/h2-3,6-8,10,21H,4-5H2,1H3,(H2,18,22)(H,19,20)/t8-,10-/m0/s1. The SMILES string of the molecule is C[C@H](O)[C@H](CCOc1ccc(Cl)c(Cl)c1)c1ncc(C(N)=O)[nH]1. The van der Waals surface area contributed by atoms with Gasteiger partial charge in [0.1, 0.15) is 17.3 Å². The number of primary amides is 1. The van der Waals surface area contributed by atoms with E-state index in [0.29, 0.717) is 34.6 Å². The maximum absolute atomic E-state index is 11.1. The minimum atomic E-state index is -0.667. The molecule has 8 heteroatoms. The van der Waals surface area contributed by atoms with Gasteiger partial charge in [0.2, 0.25) is 0 Å². The van der Waals surface area contributed by atoms with E-state index in [9.17, 15) is 9.90 Å². The lowest BCUT2D eigenvalue weighted by Gasteiger charge is -2.18. The van der Waals surface area contributed by atoms with E-state index < -0.39 is 12.0 Å². The maximum atomic E-state index is 11.1. The molecule has 23 heavy (non-hydrogen) atoms. The topological polar surface area (TPSA) is 101 Å². The van der Waals surface area contributed by atoms with E-state index in [-0.39, 0.29) is 11.6 Å². The molecule has 0 aliphatic rings. The Balaban J connectivity index is 1.99. The van der Waals surface area contributed by atoms with Gasteiger partial charge >= 0.3 is 0 Å². The largest absolute Gasteiger partial charge is 0.494 e. The third-order valence-electron chi connectivity index (χ3n) is 3.38. The molecular formula is C15H17Cl2N3O3. The molecule has 6 nitrogen and oxygen atoms in total. The van der Waals surface area contributed by atoms with Gasteiger partial charge in [0.05, 0.1) is 29.0 Å². The van der Waals surface area contributed by atoms with Crippen LogP contribution in [-0.4, -0.2) is 33.7 Å². The monoisotopic (exact) mass is 357 g/mol. The number of nitrogens with one attached hydrogen (secondary N) is 1. The van der Waals surface area contributed by atoms with Gasteiger partial charge in [-0.15, -0.1) is 0 Å². The van der Waals surface area contributed by atoms with Gasteiger partial charge in [-0.3, -0.25) is 4.79 Å². The molecule has 1 heterocycles. The Kier molecular flexibility index (Phi) is 5.87. The van der Waals surface area contributed by atoms with Gasteiger partial charge in [-0.1, -0.05) is 23.2 Å². The number of nitrogens with two attached hydrogens (primary N) is 1. The summed E-state index contributed by atoms with van der Waals surface area (Å²) in [5.41, 5.74) is 5.39. The number of aliphatic hydroxyl groups is 1. The second-order valence-electron chi connectivity index (χ2n) is 5.11. The molecule has 2 rings (SSSR count). The zero-order valence-corrected chi connectivity index (χ0v) is 13.9. The van der Waals surface area contributed by atoms with Crippen molar-refractivity contribution < 1.29 is 14.6 Å². The number of aliphatic hydroxyl groups excluding tert-OH is 1. The van der Waals surface area contributed by atoms with Crippen molar-refractivity contribution in [3.05, 3.63) is 46.0 Å². The van der Waals surface area contributed by atoms with Gasteiger partial charge in [0, 0.05) is 12.0 Å². The van der Waals surface area contributed by atoms with E-state index >= 15 is 0 Å². The van der Waals surface area contributed by atoms with Crippen LogP contribution >= 0.6 is 23.2 Å². The Labute approximate surface area is 143 Å². The van der Waals surface area contributed by atoms with Crippen LogP contribution in [-0.2, 0) is 0 Å². The molecular weight excluding hydrogens is 341 g/mol. The first-order valence-electron chi connectivity index (χ1n) is 6.99. The predicted molar refractivity (Wildman–Crippen MR) is 88.1 cm³/mol. The Morgan fingerprint density at radius 3 is 2.74 bits per heavy atom. The van der Waals surface area contributed by atoms with Gasteiger partial charge in [-0.2, -0.15) is 0 Å². The first-order chi connectivity index (χ1) is 10.9. The molecule has 1 aromatic carbocycles. The number of amides is 1. The van der Waals surface area contributed by atoms with E-state index in [1.807, 2.05) is 0 Å². The number of nitrogens with zero attached hydrogens (tertiary/aromatic N) is 1. The minimum Gasteiger partial charge on any atom is -0.494 e. The Morgan fingerprint density at radius 1 is 1.43 bits per heavy atom. The predicted octanol–water partition coefficient (Wildman–Crippen LogP) is 2.75. The van der Waals surface area contributed by atoms with Crippen LogP contribution in [0.25, 0.3) is 0 Å². The zero-order chi connectivity index (χ0) is 17.0. The molecule has 0 aliphatic heterocycles. The second-order valence-corrected chi connectivity index (χ2v) is 5.92. The number of benzene rings is 1. The third kappa shape index (κ3) is 4.60. The summed E-state index contributed by atoms with van der Waals surface area (Å²) in [6.07, 6.45) is 1.18. The molecule has 1 amide bonds. The average Bonchev–Trinajstić information content (AvgIpc) is 2.96. The molecule has 0 spiro atoms. The van der Waals surface area contributed by atoms with Crippen LogP contribution in [0.1, 0.15) is 35.6 Å². The molecule has 0 bridgehead atoms. The number of imidazole rings is 1. The zero-order valence-electron chi connectivity index (χ0n) is 12.4. The highest BCUT2D eigenvalue weighted by molar-refractivity contribution is 6.42. The number of hydrogen-bond donors (Lipinski definition) is 3. The Morgan fingerprint density at radius 2 is 2.17 bits per heavy atom. The summed E-state index contributed by atoms with van der Waals surface area (Å²) in [6, 6.07) is 4.99. The fourth-order valence-corrected chi connectivity index (χ4v) is 2.42. The van der Waals surface area contributed by atoms with Crippen LogP contribution in [0.5, 0.6) is 5.75 Å². The van der Waals surface area contributed by atoms with Crippen LogP contribution in [0, 0.1) is 0 Å². The van der Waals surface area contributed by atoms with Crippen molar-refractivity contribution in [2.24, 2.45) is 5.73 Å². The minimum absolute atomic E-state index is 0.205.